The van der Waals surface area contributed by atoms with Gasteiger partial charge in [0.15, 0.2) is 0 Å². The largest absolute Gasteiger partial charge is 0.385 e. The second-order valence-corrected chi connectivity index (χ2v) is 5.37. The number of carbonyl (C=O) groups excluding carboxylic acids is 2. The number of benzene rings is 1. The maximum absolute atomic E-state index is 12.0. The van der Waals surface area contributed by atoms with Crippen LogP contribution in [0.3, 0.4) is 0 Å². The van der Waals surface area contributed by atoms with Crippen molar-refractivity contribution in [1.29, 1.82) is 0 Å². The topological polar surface area (TPSA) is 58.6 Å². The second-order valence-electron chi connectivity index (χ2n) is 4.49. The monoisotopic (exact) mass is 332 g/mol. The quantitative estimate of drug-likeness (QED) is 0.781. The maximum Gasteiger partial charge on any atom is 0.243 e. The molecule has 0 heterocycles. The van der Waals surface area contributed by atoms with Crippen molar-refractivity contribution < 1.29 is 14.3 Å². The Hall–Kier alpha value is -1.30. The van der Waals surface area contributed by atoms with Gasteiger partial charge >= 0.3 is 0 Å². The van der Waals surface area contributed by atoms with Crippen LogP contribution >= 0.6 is 23.2 Å². The zero-order valence-electron chi connectivity index (χ0n) is 12.0. The molecule has 0 aliphatic rings. The first-order chi connectivity index (χ1) is 9.92. The third-order valence-corrected chi connectivity index (χ3v) is 3.14. The highest BCUT2D eigenvalue weighted by atomic mass is 35.5. The summed E-state index contributed by atoms with van der Waals surface area (Å²) in [5, 5.41) is 3.53. The fourth-order valence-corrected chi connectivity index (χ4v) is 2.27. The number of hydrogen-bond donors (Lipinski definition) is 1. The fraction of sp³-hybridized carbons (Fsp3) is 0.429. The molecule has 7 heteroatoms. The number of anilines is 1. The van der Waals surface area contributed by atoms with Crippen molar-refractivity contribution in [3.8, 4) is 0 Å². The fourth-order valence-electron chi connectivity index (χ4n) is 1.75. The van der Waals surface area contributed by atoms with Crippen LogP contribution in [0.1, 0.15) is 13.3 Å². The lowest BCUT2D eigenvalue weighted by Crippen LogP contribution is -2.37. The van der Waals surface area contributed by atoms with E-state index in [2.05, 4.69) is 5.32 Å². The third-order valence-electron chi connectivity index (χ3n) is 2.70. The molecule has 0 atom stereocenters. The molecule has 1 aromatic carbocycles. The van der Waals surface area contributed by atoms with Crippen molar-refractivity contribution in [3.63, 3.8) is 0 Å². The Labute approximate surface area is 134 Å². The summed E-state index contributed by atoms with van der Waals surface area (Å²) in [4.78, 5) is 24.9. The highest BCUT2D eigenvalue weighted by Crippen LogP contribution is 2.22. The summed E-state index contributed by atoms with van der Waals surface area (Å²) in [6.07, 6.45) is 0.673. The second kappa shape index (κ2) is 8.87. The molecule has 0 aliphatic heterocycles. The van der Waals surface area contributed by atoms with E-state index in [1.54, 1.807) is 25.3 Å². The molecule has 1 N–H and O–H groups in total. The van der Waals surface area contributed by atoms with E-state index in [1.165, 1.54) is 11.8 Å². The van der Waals surface area contributed by atoms with E-state index in [-0.39, 0.29) is 18.4 Å². The number of methoxy groups -OCH3 is 1. The third kappa shape index (κ3) is 6.80. The Balaban J connectivity index is 2.58. The molecule has 1 aromatic rings. The summed E-state index contributed by atoms with van der Waals surface area (Å²) in [5.74, 6) is -0.466. The highest BCUT2D eigenvalue weighted by molar-refractivity contribution is 6.35. The molecule has 0 saturated heterocycles. The zero-order valence-corrected chi connectivity index (χ0v) is 13.5. The number of ether oxygens (including phenoxy) is 1. The predicted octanol–water partition coefficient (Wildman–Crippen LogP) is 2.82. The van der Waals surface area contributed by atoms with E-state index >= 15 is 0 Å². The van der Waals surface area contributed by atoms with E-state index in [4.69, 9.17) is 27.9 Å². The lowest BCUT2D eigenvalue weighted by molar-refractivity contribution is -0.132. The SMILES string of the molecule is COCCCN(CC(=O)Nc1cc(Cl)cc(Cl)c1)C(C)=O. The number of carbonyl (C=O) groups is 2. The Bertz CT molecular complexity index is 489. The Kier molecular flexibility index (Phi) is 7.50. The average Bonchev–Trinajstić information content (AvgIpc) is 2.36. The standard InChI is InChI=1S/C14H18Cl2N2O3/c1-10(19)18(4-3-5-21-2)9-14(20)17-13-7-11(15)6-12(16)8-13/h6-8H,3-5,9H2,1-2H3,(H,17,20). The molecule has 5 nitrogen and oxygen atoms in total. The van der Waals surface area contributed by atoms with Gasteiger partial charge in [-0.3, -0.25) is 9.59 Å². The van der Waals surface area contributed by atoms with Crippen LogP contribution < -0.4 is 5.32 Å². The summed E-state index contributed by atoms with van der Waals surface area (Å²) in [7, 11) is 1.59. The van der Waals surface area contributed by atoms with E-state index in [9.17, 15) is 9.59 Å². The zero-order chi connectivity index (χ0) is 15.8. The minimum absolute atomic E-state index is 0.0246. The number of hydrogen-bond acceptors (Lipinski definition) is 3. The summed E-state index contributed by atoms with van der Waals surface area (Å²) in [6, 6.07) is 4.76. The molecule has 0 fully saturated rings. The lowest BCUT2D eigenvalue weighted by atomic mass is 10.3. The van der Waals surface area contributed by atoms with Gasteiger partial charge in [-0.1, -0.05) is 23.2 Å². The van der Waals surface area contributed by atoms with Gasteiger partial charge in [-0.2, -0.15) is 0 Å². The van der Waals surface area contributed by atoms with Gasteiger partial charge in [0.1, 0.15) is 0 Å². The van der Waals surface area contributed by atoms with Crippen molar-refractivity contribution in [2.45, 2.75) is 13.3 Å². The molecule has 2 amide bonds. The van der Waals surface area contributed by atoms with Gasteiger partial charge in [0.25, 0.3) is 0 Å². The maximum atomic E-state index is 12.0. The molecular formula is C14H18Cl2N2O3. The van der Waals surface area contributed by atoms with E-state index in [1.807, 2.05) is 0 Å². The molecular weight excluding hydrogens is 315 g/mol. The molecule has 21 heavy (non-hydrogen) atoms. The minimum Gasteiger partial charge on any atom is -0.385 e. The van der Waals surface area contributed by atoms with Crippen LogP contribution in [0, 0.1) is 0 Å². The lowest BCUT2D eigenvalue weighted by Gasteiger charge is -2.20. The van der Waals surface area contributed by atoms with Gasteiger partial charge in [-0.05, 0) is 24.6 Å². The van der Waals surface area contributed by atoms with Crippen LogP contribution in [-0.4, -0.2) is 43.5 Å². The smallest absolute Gasteiger partial charge is 0.243 e. The first-order valence-electron chi connectivity index (χ1n) is 6.42. The van der Waals surface area contributed by atoms with Crippen molar-refractivity contribution >= 4 is 40.7 Å². The molecule has 0 saturated carbocycles. The van der Waals surface area contributed by atoms with Gasteiger partial charge in [-0.25, -0.2) is 0 Å². The van der Waals surface area contributed by atoms with Crippen LogP contribution in [0.2, 0.25) is 10.0 Å². The van der Waals surface area contributed by atoms with E-state index in [0.717, 1.165) is 0 Å². The minimum atomic E-state index is -0.305. The highest BCUT2D eigenvalue weighted by Gasteiger charge is 2.13. The Morgan fingerprint density at radius 2 is 1.86 bits per heavy atom. The first-order valence-corrected chi connectivity index (χ1v) is 7.18. The predicted molar refractivity (Wildman–Crippen MR) is 83.8 cm³/mol. The summed E-state index contributed by atoms with van der Waals surface area (Å²) < 4.78 is 4.93. The summed E-state index contributed by atoms with van der Waals surface area (Å²) in [5.41, 5.74) is 0.498. The molecule has 0 unspecified atom stereocenters. The summed E-state index contributed by atoms with van der Waals surface area (Å²) in [6.45, 7) is 2.40. The van der Waals surface area contributed by atoms with Crippen molar-refractivity contribution in [3.05, 3.63) is 28.2 Å². The van der Waals surface area contributed by atoms with Gasteiger partial charge in [0.2, 0.25) is 11.8 Å². The van der Waals surface area contributed by atoms with Crippen LogP contribution in [0.5, 0.6) is 0 Å². The number of halogens is 2. The first kappa shape index (κ1) is 17.8. The molecule has 116 valence electrons. The number of rotatable bonds is 7. The number of nitrogens with one attached hydrogen (secondary N) is 1. The Morgan fingerprint density at radius 1 is 1.24 bits per heavy atom. The van der Waals surface area contributed by atoms with Crippen molar-refractivity contribution in [2.24, 2.45) is 0 Å². The normalized spacial score (nSPS) is 10.3. The summed E-state index contributed by atoms with van der Waals surface area (Å²) >= 11 is 11.7. The average molecular weight is 333 g/mol. The van der Waals surface area contributed by atoms with E-state index in [0.29, 0.717) is 35.3 Å². The van der Waals surface area contributed by atoms with Crippen LogP contribution in [0.25, 0.3) is 0 Å². The van der Waals surface area contributed by atoms with Crippen LogP contribution in [0.4, 0.5) is 5.69 Å². The van der Waals surface area contributed by atoms with Crippen LogP contribution in [0.15, 0.2) is 18.2 Å². The van der Waals surface area contributed by atoms with Crippen molar-refractivity contribution in [1.82, 2.24) is 4.90 Å². The van der Waals surface area contributed by atoms with E-state index < -0.39 is 0 Å². The number of nitrogens with zero attached hydrogens (tertiary/aromatic N) is 1. The van der Waals surface area contributed by atoms with Gasteiger partial charge in [0.05, 0.1) is 6.54 Å². The van der Waals surface area contributed by atoms with Gasteiger partial charge in [-0.15, -0.1) is 0 Å². The molecule has 0 bridgehead atoms. The van der Waals surface area contributed by atoms with Crippen molar-refractivity contribution in [2.75, 3.05) is 32.1 Å². The van der Waals surface area contributed by atoms with Gasteiger partial charge in [0, 0.05) is 42.9 Å². The molecule has 1 rings (SSSR count). The van der Waals surface area contributed by atoms with Gasteiger partial charge < -0.3 is 15.0 Å². The molecule has 0 spiro atoms. The molecule has 0 aliphatic carbocycles. The van der Waals surface area contributed by atoms with Crippen LogP contribution in [-0.2, 0) is 14.3 Å². The molecule has 0 aromatic heterocycles. The molecule has 0 radical (unpaired) electrons. The number of amides is 2. The Morgan fingerprint density at radius 3 is 2.38 bits per heavy atom.